The Hall–Kier alpha value is -2.07. The molecule has 2 amide bonds. The highest BCUT2D eigenvalue weighted by Gasteiger charge is 2.36. The number of rotatable bonds is 3. The number of benzene rings is 1. The van der Waals surface area contributed by atoms with E-state index < -0.39 is 11.5 Å². The predicted molar refractivity (Wildman–Crippen MR) is 135 cm³/mol. The van der Waals surface area contributed by atoms with Crippen LogP contribution in [0.2, 0.25) is 0 Å². The minimum atomic E-state index is -0.559. The maximum atomic E-state index is 13.0. The minimum absolute atomic E-state index is 0.0725. The van der Waals surface area contributed by atoms with Crippen molar-refractivity contribution in [3.63, 3.8) is 0 Å². The zero-order valence-electron chi connectivity index (χ0n) is 18.2. The van der Waals surface area contributed by atoms with E-state index in [-0.39, 0.29) is 17.1 Å². The fourth-order valence-electron chi connectivity index (χ4n) is 4.34. The van der Waals surface area contributed by atoms with Crippen LogP contribution in [0.1, 0.15) is 50.6 Å². The molecule has 2 aliphatic rings. The van der Waals surface area contributed by atoms with Gasteiger partial charge in [-0.25, -0.2) is 4.79 Å². The Morgan fingerprint density at radius 2 is 1.94 bits per heavy atom. The molecule has 1 aliphatic carbocycles. The summed E-state index contributed by atoms with van der Waals surface area (Å²) >= 11 is 3.51. The normalized spacial score (nSPS) is 19.1. The first-order valence-corrected chi connectivity index (χ1v) is 12.6. The van der Waals surface area contributed by atoms with Gasteiger partial charge >= 0.3 is 5.63 Å². The van der Waals surface area contributed by atoms with Crippen LogP contribution in [0.25, 0.3) is 10.8 Å². The van der Waals surface area contributed by atoms with Crippen LogP contribution in [0.15, 0.2) is 61.3 Å². The van der Waals surface area contributed by atoms with E-state index in [0.29, 0.717) is 33.7 Å². The van der Waals surface area contributed by atoms with Crippen molar-refractivity contribution < 1.29 is 14.0 Å². The van der Waals surface area contributed by atoms with Gasteiger partial charge in [0, 0.05) is 11.4 Å². The number of amides is 2. The monoisotopic (exact) mass is 564 g/mol. The van der Waals surface area contributed by atoms with Gasteiger partial charge in [0.2, 0.25) is 0 Å². The average Bonchev–Trinajstić information content (AvgIpc) is 2.77. The summed E-state index contributed by atoms with van der Waals surface area (Å²) in [5.41, 5.74) is 1.76. The molecule has 6 nitrogen and oxygen atoms in total. The lowest BCUT2D eigenvalue weighted by Crippen LogP contribution is -2.33. The number of carbonyl (C=O) groups excluding carboxylic acids is 2. The second-order valence-electron chi connectivity index (χ2n) is 9.21. The number of halogens is 1. The molecule has 0 fully saturated rings. The molecule has 1 unspecified atom stereocenters. The van der Waals surface area contributed by atoms with Gasteiger partial charge in [-0.1, -0.05) is 39.0 Å². The van der Waals surface area contributed by atoms with Crippen molar-refractivity contribution in [1.82, 2.24) is 8.85 Å². The lowest BCUT2D eigenvalue weighted by atomic mass is 9.72. The SMILES string of the molecule is CC(C)(C)C1CCC2=C(C1)SCC(NC(=O)c1cc3ccccc3c(=O)o1)=C2C(=O)NI. The topological polar surface area (TPSA) is 88.4 Å². The summed E-state index contributed by atoms with van der Waals surface area (Å²) in [5, 5.41) is 3.91. The molecule has 2 heterocycles. The van der Waals surface area contributed by atoms with Crippen LogP contribution >= 0.6 is 34.6 Å². The van der Waals surface area contributed by atoms with E-state index in [0.717, 1.165) is 24.8 Å². The molecule has 2 aromatic rings. The molecule has 0 saturated heterocycles. The maximum Gasteiger partial charge on any atom is 0.344 e. The van der Waals surface area contributed by atoms with Gasteiger partial charge in [-0.05, 0) is 58.6 Å². The Morgan fingerprint density at radius 3 is 2.66 bits per heavy atom. The summed E-state index contributed by atoms with van der Waals surface area (Å²) in [7, 11) is 0. The van der Waals surface area contributed by atoms with Crippen molar-refractivity contribution >= 4 is 57.2 Å². The summed E-state index contributed by atoms with van der Waals surface area (Å²) in [6, 6.07) is 8.53. The van der Waals surface area contributed by atoms with Crippen molar-refractivity contribution in [3.8, 4) is 0 Å². The van der Waals surface area contributed by atoms with Crippen LogP contribution in [0.4, 0.5) is 0 Å². The first kappa shape index (κ1) is 23.1. The highest BCUT2D eigenvalue weighted by molar-refractivity contribution is 14.1. The lowest BCUT2D eigenvalue weighted by molar-refractivity contribution is -0.115. The van der Waals surface area contributed by atoms with E-state index in [4.69, 9.17) is 4.42 Å². The molecule has 0 spiro atoms. The van der Waals surface area contributed by atoms with E-state index in [9.17, 15) is 14.4 Å². The Bertz CT molecular complexity index is 1220. The van der Waals surface area contributed by atoms with Crippen LogP contribution in [0, 0.1) is 11.3 Å². The second-order valence-corrected chi connectivity index (χ2v) is 10.8. The molecule has 0 bridgehead atoms. The van der Waals surface area contributed by atoms with Gasteiger partial charge in [-0.3, -0.25) is 13.1 Å². The molecule has 0 radical (unpaired) electrons. The zero-order valence-corrected chi connectivity index (χ0v) is 21.2. The van der Waals surface area contributed by atoms with Crippen molar-refractivity contribution in [3.05, 3.63) is 68.3 Å². The van der Waals surface area contributed by atoms with Crippen LogP contribution in [0.3, 0.4) is 0 Å². The number of carbonyl (C=O) groups is 2. The van der Waals surface area contributed by atoms with Crippen LogP contribution < -0.4 is 14.5 Å². The van der Waals surface area contributed by atoms with Crippen LogP contribution in [-0.2, 0) is 4.79 Å². The Morgan fingerprint density at radius 1 is 1.19 bits per heavy atom. The molecule has 1 aromatic heterocycles. The number of fused-ring (bicyclic) bond motifs is 1. The molecule has 1 atom stereocenters. The minimum Gasteiger partial charge on any atom is -0.417 e. The van der Waals surface area contributed by atoms with Crippen molar-refractivity contribution in [2.24, 2.45) is 11.3 Å². The first-order valence-electron chi connectivity index (χ1n) is 10.5. The van der Waals surface area contributed by atoms with Crippen LogP contribution in [-0.4, -0.2) is 17.6 Å². The van der Waals surface area contributed by atoms with E-state index in [1.165, 1.54) is 4.91 Å². The molecule has 32 heavy (non-hydrogen) atoms. The quantitative estimate of drug-likeness (QED) is 0.401. The average molecular weight is 564 g/mol. The van der Waals surface area contributed by atoms with Crippen molar-refractivity contribution in [2.45, 2.75) is 40.0 Å². The van der Waals surface area contributed by atoms with Gasteiger partial charge in [-0.15, -0.1) is 11.8 Å². The van der Waals surface area contributed by atoms with E-state index in [1.54, 1.807) is 42.1 Å². The smallest absolute Gasteiger partial charge is 0.344 e. The maximum absolute atomic E-state index is 13.0. The van der Waals surface area contributed by atoms with Gasteiger partial charge < -0.3 is 9.73 Å². The first-order chi connectivity index (χ1) is 15.2. The highest BCUT2D eigenvalue weighted by atomic mass is 127. The largest absolute Gasteiger partial charge is 0.417 e. The van der Waals surface area contributed by atoms with Gasteiger partial charge in [0.05, 0.1) is 33.8 Å². The molecule has 4 rings (SSSR count). The molecule has 2 N–H and O–H groups in total. The van der Waals surface area contributed by atoms with E-state index in [2.05, 4.69) is 29.6 Å². The fourth-order valence-corrected chi connectivity index (χ4v) is 5.84. The molecule has 0 saturated carbocycles. The number of allylic oxidation sites excluding steroid dienone is 1. The third-order valence-corrected chi connectivity index (χ3v) is 7.89. The summed E-state index contributed by atoms with van der Waals surface area (Å²) in [5.74, 6) is 0.216. The van der Waals surface area contributed by atoms with E-state index in [1.807, 2.05) is 22.9 Å². The summed E-state index contributed by atoms with van der Waals surface area (Å²) in [6.45, 7) is 6.77. The van der Waals surface area contributed by atoms with Gasteiger partial charge in [-0.2, -0.15) is 0 Å². The zero-order chi connectivity index (χ0) is 23.0. The summed E-state index contributed by atoms with van der Waals surface area (Å²) in [6.07, 6.45) is 2.75. The number of hydrogen-bond acceptors (Lipinski definition) is 5. The Labute approximate surface area is 204 Å². The molecular weight excluding hydrogens is 539 g/mol. The third kappa shape index (κ3) is 4.52. The summed E-state index contributed by atoms with van der Waals surface area (Å²) < 4.78 is 7.95. The number of thioether (sulfide) groups is 1. The van der Waals surface area contributed by atoms with Gasteiger partial charge in [0.25, 0.3) is 11.8 Å². The number of nitrogens with one attached hydrogen (secondary N) is 2. The molecule has 1 aliphatic heterocycles. The lowest BCUT2D eigenvalue weighted by Gasteiger charge is -2.38. The van der Waals surface area contributed by atoms with Gasteiger partial charge in [0.1, 0.15) is 0 Å². The van der Waals surface area contributed by atoms with Crippen LogP contribution in [0.5, 0.6) is 0 Å². The molecular formula is C24H25IN2O4S. The summed E-state index contributed by atoms with van der Waals surface area (Å²) in [4.78, 5) is 39.3. The van der Waals surface area contributed by atoms with Crippen molar-refractivity contribution in [2.75, 3.05) is 5.75 Å². The second kappa shape index (κ2) is 9.05. The predicted octanol–water partition coefficient (Wildman–Crippen LogP) is 5.09. The third-order valence-electron chi connectivity index (χ3n) is 6.20. The van der Waals surface area contributed by atoms with E-state index >= 15 is 0 Å². The van der Waals surface area contributed by atoms with Gasteiger partial charge in [0.15, 0.2) is 5.76 Å². The standard InChI is InChI=1S/C24H25IN2O4S/c1-24(2,3)14-8-9-16-19(11-14)32-12-17(20(16)22(29)27-25)26-21(28)18-10-13-6-4-5-7-15(13)23(30)31-18/h4-7,10,14H,8-9,11-12H2,1-3H3,(H,26,28)(H,27,29). The molecule has 8 heteroatoms. The Kier molecular flexibility index (Phi) is 6.53. The fraction of sp³-hybridized carbons (Fsp3) is 0.375. The number of hydrogen-bond donors (Lipinski definition) is 2. The highest BCUT2D eigenvalue weighted by Crippen LogP contribution is 2.48. The Balaban J connectivity index is 1.68. The molecule has 168 valence electrons. The van der Waals surface area contributed by atoms with Crippen molar-refractivity contribution in [1.29, 1.82) is 0 Å². The molecule has 1 aromatic carbocycles.